The molecule has 0 bridgehead atoms. The summed E-state index contributed by atoms with van der Waals surface area (Å²) >= 11 is 6.89. The second kappa shape index (κ2) is 5.51. The number of nitrogens with zero attached hydrogens (tertiary/aromatic N) is 1. The van der Waals surface area contributed by atoms with Gasteiger partial charge >= 0.3 is 0 Å². The number of carbonyl (C=O) groups is 1. The van der Waals surface area contributed by atoms with E-state index in [-0.39, 0.29) is 9.34 Å². The van der Waals surface area contributed by atoms with E-state index in [2.05, 4.69) is 10.3 Å². The molecule has 1 aromatic carbocycles. The topological polar surface area (TPSA) is 76.1 Å². The second-order valence-electron chi connectivity index (χ2n) is 4.19. The average molecular weight is 331 g/mol. The number of aromatic nitrogens is 1. The zero-order chi connectivity index (χ0) is 14.9. The molecule has 0 aliphatic rings. The highest BCUT2D eigenvalue weighted by Gasteiger charge is 2.15. The summed E-state index contributed by atoms with van der Waals surface area (Å²) < 4.78 is 22.8. The molecule has 1 N–H and O–H groups in total. The van der Waals surface area contributed by atoms with Crippen molar-refractivity contribution in [1.82, 2.24) is 4.98 Å². The molecule has 1 aromatic heterocycles. The van der Waals surface area contributed by atoms with Gasteiger partial charge in [0, 0.05) is 6.26 Å². The maximum atomic E-state index is 12.0. The van der Waals surface area contributed by atoms with Gasteiger partial charge in [0.1, 0.15) is 4.21 Å². The number of rotatable bonds is 3. The number of carbonyl (C=O) groups excluding carboxylic acids is 1. The normalized spacial score (nSPS) is 11.3. The molecule has 0 saturated carbocycles. The molecule has 1 amide bonds. The number of aryl methyl sites for hydroxylation is 1. The molecule has 5 nitrogen and oxygen atoms in total. The molecule has 106 valence electrons. The van der Waals surface area contributed by atoms with Gasteiger partial charge in [-0.15, -0.1) is 0 Å². The fourth-order valence-electron chi connectivity index (χ4n) is 1.46. The van der Waals surface area contributed by atoms with Gasteiger partial charge in [0.25, 0.3) is 5.91 Å². The zero-order valence-electron chi connectivity index (χ0n) is 10.7. The van der Waals surface area contributed by atoms with Crippen LogP contribution in [0.3, 0.4) is 0 Å². The molecule has 0 unspecified atom stereocenters. The van der Waals surface area contributed by atoms with Crippen LogP contribution >= 0.6 is 22.9 Å². The van der Waals surface area contributed by atoms with Crippen molar-refractivity contribution in [1.29, 1.82) is 0 Å². The molecule has 0 spiro atoms. The fourth-order valence-corrected chi connectivity index (χ4v) is 3.41. The van der Waals surface area contributed by atoms with Crippen molar-refractivity contribution >= 4 is 43.8 Å². The third-order valence-electron chi connectivity index (χ3n) is 2.44. The molecule has 0 atom stereocenters. The van der Waals surface area contributed by atoms with Crippen LogP contribution in [-0.2, 0) is 9.84 Å². The molecule has 0 saturated heterocycles. The van der Waals surface area contributed by atoms with Crippen molar-refractivity contribution in [2.45, 2.75) is 11.1 Å². The van der Waals surface area contributed by atoms with Crippen LogP contribution in [0.2, 0.25) is 5.02 Å². The Morgan fingerprint density at radius 2 is 2.10 bits per heavy atom. The first-order valence-electron chi connectivity index (χ1n) is 5.51. The van der Waals surface area contributed by atoms with Crippen LogP contribution in [-0.4, -0.2) is 25.6 Å². The Bertz CT molecular complexity index is 769. The van der Waals surface area contributed by atoms with Gasteiger partial charge in [-0.2, -0.15) is 0 Å². The lowest BCUT2D eigenvalue weighted by Crippen LogP contribution is -2.12. The summed E-state index contributed by atoms with van der Waals surface area (Å²) in [6.45, 7) is 1.87. The lowest BCUT2D eigenvalue weighted by atomic mass is 10.1. The van der Waals surface area contributed by atoms with Crippen LogP contribution in [0.25, 0.3) is 0 Å². The number of nitrogens with one attached hydrogen (secondary N) is 1. The standard InChI is InChI=1S/C12H11ClN2O3S2/c1-7-3-4-8(9(13)5-7)11(16)15-12-14-6-10(19-12)20(2,17)18/h3-6H,1-2H3,(H,14,15,16). The SMILES string of the molecule is Cc1ccc(C(=O)Nc2ncc(S(C)(=O)=O)s2)c(Cl)c1. The van der Waals surface area contributed by atoms with Gasteiger partial charge in [0.05, 0.1) is 16.8 Å². The van der Waals surface area contributed by atoms with E-state index in [0.29, 0.717) is 10.6 Å². The number of amides is 1. The maximum Gasteiger partial charge on any atom is 0.258 e. The van der Waals surface area contributed by atoms with E-state index in [9.17, 15) is 13.2 Å². The first-order valence-corrected chi connectivity index (χ1v) is 8.59. The zero-order valence-corrected chi connectivity index (χ0v) is 13.1. The summed E-state index contributed by atoms with van der Waals surface area (Å²) in [7, 11) is -3.32. The summed E-state index contributed by atoms with van der Waals surface area (Å²) in [5, 5.41) is 3.08. The number of thiazole rings is 1. The number of hydrogen-bond acceptors (Lipinski definition) is 5. The van der Waals surface area contributed by atoms with Crippen LogP contribution in [0.1, 0.15) is 15.9 Å². The Morgan fingerprint density at radius 3 is 2.65 bits per heavy atom. The number of hydrogen-bond donors (Lipinski definition) is 1. The molecule has 2 aromatic rings. The minimum atomic E-state index is -3.32. The molecule has 0 radical (unpaired) electrons. The van der Waals surface area contributed by atoms with E-state index in [0.717, 1.165) is 23.2 Å². The number of anilines is 1. The predicted molar refractivity (Wildman–Crippen MR) is 79.4 cm³/mol. The van der Waals surface area contributed by atoms with E-state index >= 15 is 0 Å². The van der Waals surface area contributed by atoms with Crippen LogP contribution in [0.4, 0.5) is 5.13 Å². The molecule has 8 heteroatoms. The predicted octanol–water partition coefficient (Wildman–Crippen LogP) is 2.76. The molecule has 0 aliphatic heterocycles. The van der Waals surface area contributed by atoms with Gasteiger partial charge in [-0.3, -0.25) is 10.1 Å². The number of halogens is 1. The van der Waals surface area contributed by atoms with Crippen LogP contribution in [0.5, 0.6) is 0 Å². The van der Waals surface area contributed by atoms with Crippen molar-refractivity contribution in [2.75, 3.05) is 11.6 Å². The molecule has 0 fully saturated rings. The summed E-state index contributed by atoms with van der Waals surface area (Å²) in [5.74, 6) is -0.426. The maximum absolute atomic E-state index is 12.0. The Labute approximate surface area is 125 Å². The van der Waals surface area contributed by atoms with Crippen molar-refractivity contribution in [3.05, 3.63) is 40.5 Å². The Hall–Kier alpha value is -1.44. The smallest absolute Gasteiger partial charge is 0.258 e. The fraction of sp³-hybridized carbons (Fsp3) is 0.167. The monoisotopic (exact) mass is 330 g/mol. The lowest BCUT2D eigenvalue weighted by molar-refractivity contribution is 0.102. The number of sulfone groups is 1. The van der Waals surface area contributed by atoms with E-state index in [1.807, 2.05) is 6.92 Å². The van der Waals surface area contributed by atoms with Crippen LogP contribution in [0.15, 0.2) is 28.6 Å². The second-order valence-corrected chi connectivity index (χ2v) is 7.87. The Morgan fingerprint density at radius 1 is 1.40 bits per heavy atom. The molecular weight excluding hydrogens is 320 g/mol. The van der Waals surface area contributed by atoms with Gasteiger partial charge in [-0.25, -0.2) is 13.4 Å². The Kier molecular flexibility index (Phi) is 4.12. The highest BCUT2D eigenvalue weighted by Crippen LogP contribution is 2.24. The molecule has 2 rings (SSSR count). The van der Waals surface area contributed by atoms with Gasteiger partial charge < -0.3 is 0 Å². The largest absolute Gasteiger partial charge is 0.298 e. The van der Waals surface area contributed by atoms with E-state index in [4.69, 9.17) is 11.6 Å². The summed E-state index contributed by atoms with van der Waals surface area (Å²) in [4.78, 5) is 15.9. The Balaban J connectivity index is 2.22. The van der Waals surface area contributed by atoms with Gasteiger partial charge in [-0.1, -0.05) is 29.0 Å². The highest BCUT2D eigenvalue weighted by atomic mass is 35.5. The average Bonchev–Trinajstić information content (AvgIpc) is 2.76. The van der Waals surface area contributed by atoms with Crippen molar-refractivity contribution in [2.24, 2.45) is 0 Å². The van der Waals surface area contributed by atoms with Crippen LogP contribution < -0.4 is 5.32 Å². The molecule has 20 heavy (non-hydrogen) atoms. The first kappa shape index (κ1) is 15.0. The minimum Gasteiger partial charge on any atom is -0.298 e. The van der Waals surface area contributed by atoms with E-state index in [1.165, 1.54) is 6.20 Å². The third-order valence-corrected chi connectivity index (χ3v) is 5.45. The number of benzene rings is 1. The summed E-state index contributed by atoms with van der Waals surface area (Å²) in [6.07, 6.45) is 2.30. The minimum absolute atomic E-state index is 0.0998. The summed E-state index contributed by atoms with van der Waals surface area (Å²) in [5.41, 5.74) is 1.26. The quantitative estimate of drug-likeness (QED) is 0.938. The third kappa shape index (κ3) is 3.36. The molecule has 1 heterocycles. The summed E-state index contributed by atoms with van der Waals surface area (Å²) in [6, 6.07) is 5.06. The van der Waals surface area contributed by atoms with E-state index < -0.39 is 15.7 Å². The van der Waals surface area contributed by atoms with Crippen molar-refractivity contribution in [3.63, 3.8) is 0 Å². The van der Waals surface area contributed by atoms with Gasteiger partial charge in [0.15, 0.2) is 15.0 Å². The molecule has 0 aliphatic carbocycles. The lowest BCUT2D eigenvalue weighted by Gasteiger charge is -2.04. The highest BCUT2D eigenvalue weighted by molar-refractivity contribution is 7.92. The van der Waals surface area contributed by atoms with Crippen LogP contribution in [0, 0.1) is 6.92 Å². The molecular formula is C12H11ClN2O3S2. The van der Waals surface area contributed by atoms with Crippen molar-refractivity contribution in [3.8, 4) is 0 Å². The van der Waals surface area contributed by atoms with Gasteiger partial charge in [0.2, 0.25) is 0 Å². The first-order chi connectivity index (χ1) is 9.27. The van der Waals surface area contributed by atoms with E-state index in [1.54, 1.807) is 18.2 Å². The van der Waals surface area contributed by atoms with Gasteiger partial charge in [-0.05, 0) is 24.6 Å². The van der Waals surface area contributed by atoms with Crippen molar-refractivity contribution < 1.29 is 13.2 Å².